The minimum atomic E-state index is -0.673. The van der Waals surface area contributed by atoms with Gasteiger partial charge in [-0.1, -0.05) is 34.1 Å². The topological polar surface area (TPSA) is 82.2 Å². The van der Waals surface area contributed by atoms with Crippen LogP contribution in [-0.4, -0.2) is 91.5 Å². The van der Waals surface area contributed by atoms with Crippen LogP contribution in [0, 0.1) is 11.8 Å². The zero-order valence-electron chi connectivity index (χ0n) is 22.9. The summed E-state index contributed by atoms with van der Waals surface area (Å²) in [6.07, 6.45) is 3.37. The van der Waals surface area contributed by atoms with Gasteiger partial charge in [0.05, 0.1) is 6.10 Å². The van der Waals surface area contributed by atoms with Crippen LogP contribution in [0.2, 0.25) is 0 Å². The predicted molar refractivity (Wildman–Crippen MR) is 145 cm³/mol. The van der Waals surface area contributed by atoms with Crippen molar-refractivity contribution in [1.29, 1.82) is 0 Å². The molecule has 1 aromatic rings. The van der Waals surface area contributed by atoms with E-state index in [1.54, 1.807) is 4.90 Å². The highest BCUT2D eigenvalue weighted by atomic mass is 16.5. The van der Waals surface area contributed by atoms with Gasteiger partial charge in [0.25, 0.3) is 5.91 Å². The number of benzene rings is 1. The fourth-order valence-corrected chi connectivity index (χ4v) is 6.11. The van der Waals surface area contributed by atoms with E-state index < -0.39 is 12.1 Å². The standard InChI is InChI=1S/C29H44N4O4/c1-5-7-22-18-33(26-25(34)19-37-27(22)26)29(36)24(17-20(3)4)30-28(35)21-8-10-23(11-9-21)32-15-13-31(12-6-2)14-16-32/h8-11,20,22,24,26-27H,5-7,12-19H2,1-4H3,(H,30,35)/t22-,24+,26-,27-/m1/s1. The van der Waals surface area contributed by atoms with Gasteiger partial charge in [0, 0.05) is 49.9 Å². The number of piperazine rings is 1. The molecule has 2 amide bonds. The molecule has 4 atom stereocenters. The molecular formula is C29H44N4O4. The van der Waals surface area contributed by atoms with E-state index in [0.29, 0.717) is 18.5 Å². The van der Waals surface area contributed by atoms with E-state index >= 15 is 0 Å². The minimum Gasteiger partial charge on any atom is -0.369 e. The molecule has 0 saturated carbocycles. The number of carbonyl (C=O) groups excluding carboxylic acids is 3. The molecule has 8 nitrogen and oxygen atoms in total. The number of likely N-dealkylation sites (tertiary alicyclic amines) is 1. The van der Waals surface area contributed by atoms with Gasteiger partial charge in [-0.2, -0.15) is 0 Å². The molecule has 8 heteroatoms. The maximum atomic E-state index is 13.7. The first-order valence-corrected chi connectivity index (χ1v) is 14.1. The molecule has 4 rings (SSSR count). The first-order valence-electron chi connectivity index (χ1n) is 14.1. The lowest BCUT2D eigenvalue weighted by molar-refractivity contribution is -0.138. The summed E-state index contributed by atoms with van der Waals surface area (Å²) in [7, 11) is 0. The van der Waals surface area contributed by atoms with Gasteiger partial charge < -0.3 is 19.9 Å². The maximum Gasteiger partial charge on any atom is 0.251 e. The molecule has 0 spiro atoms. The van der Waals surface area contributed by atoms with Gasteiger partial charge in [-0.25, -0.2) is 0 Å². The van der Waals surface area contributed by atoms with Gasteiger partial charge in [0.15, 0.2) is 5.78 Å². The van der Waals surface area contributed by atoms with Crippen molar-refractivity contribution in [3.8, 4) is 0 Å². The van der Waals surface area contributed by atoms with Crippen LogP contribution in [0.3, 0.4) is 0 Å². The summed E-state index contributed by atoms with van der Waals surface area (Å²) in [5, 5.41) is 3.00. The molecule has 37 heavy (non-hydrogen) atoms. The lowest BCUT2D eigenvalue weighted by Gasteiger charge is -2.36. The average Bonchev–Trinajstić information content (AvgIpc) is 3.44. The smallest absolute Gasteiger partial charge is 0.251 e. The van der Waals surface area contributed by atoms with Crippen LogP contribution in [0.25, 0.3) is 0 Å². The van der Waals surface area contributed by atoms with Crippen LogP contribution < -0.4 is 10.2 Å². The molecule has 3 heterocycles. The minimum absolute atomic E-state index is 0.0299. The predicted octanol–water partition coefficient (Wildman–Crippen LogP) is 2.96. The Labute approximate surface area is 221 Å². The second-order valence-corrected chi connectivity index (χ2v) is 11.3. The third-order valence-electron chi connectivity index (χ3n) is 7.95. The van der Waals surface area contributed by atoms with Crippen molar-refractivity contribution >= 4 is 23.3 Å². The average molecular weight is 513 g/mol. The van der Waals surface area contributed by atoms with Gasteiger partial charge in [-0.05, 0) is 56.0 Å². The number of rotatable bonds is 10. The van der Waals surface area contributed by atoms with E-state index in [1.807, 2.05) is 38.1 Å². The van der Waals surface area contributed by atoms with Crippen molar-refractivity contribution in [1.82, 2.24) is 15.1 Å². The number of Topliss-reactive ketones (excluding diaryl/α,β-unsaturated/α-hetero) is 1. The zero-order valence-corrected chi connectivity index (χ0v) is 22.9. The molecular weight excluding hydrogens is 468 g/mol. The number of amides is 2. The summed E-state index contributed by atoms with van der Waals surface area (Å²) in [4.78, 5) is 46.1. The first kappa shape index (κ1) is 27.6. The van der Waals surface area contributed by atoms with E-state index in [9.17, 15) is 14.4 Å². The van der Waals surface area contributed by atoms with Crippen molar-refractivity contribution in [3.05, 3.63) is 29.8 Å². The number of anilines is 1. The first-order chi connectivity index (χ1) is 17.8. The van der Waals surface area contributed by atoms with Gasteiger partial charge in [0.1, 0.15) is 18.7 Å². The number of ether oxygens (including phenoxy) is 1. The molecule has 3 aliphatic rings. The highest BCUT2D eigenvalue weighted by Gasteiger charge is 2.52. The van der Waals surface area contributed by atoms with Crippen molar-refractivity contribution < 1.29 is 19.1 Å². The number of fused-ring (bicyclic) bond motifs is 1. The Morgan fingerprint density at radius 2 is 1.76 bits per heavy atom. The van der Waals surface area contributed by atoms with Crippen LogP contribution in [0.4, 0.5) is 5.69 Å². The number of ketones is 1. The van der Waals surface area contributed by atoms with E-state index in [4.69, 9.17) is 4.74 Å². The maximum absolute atomic E-state index is 13.7. The van der Waals surface area contributed by atoms with Gasteiger partial charge in [-0.15, -0.1) is 0 Å². The van der Waals surface area contributed by atoms with Crippen LogP contribution in [-0.2, 0) is 14.3 Å². The quantitative estimate of drug-likeness (QED) is 0.519. The summed E-state index contributed by atoms with van der Waals surface area (Å²) in [5.41, 5.74) is 1.66. The zero-order chi connectivity index (χ0) is 26.5. The molecule has 0 aromatic heterocycles. The molecule has 3 saturated heterocycles. The summed E-state index contributed by atoms with van der Waals surface area (Å²) < 4.78 is 5.79. The molecule has 1 N–H and O–H groups in total. The number of hydrogen-bond donors (Lipinski definition) is 1. The van der Waals surface area contributed by atoms with Crippen LogP contribution in [0.1, 0.15) is 63.7 Å². The van der Waals surface area contributed by atoms with Crippen molar-refractivity contribution in [2.75, 3.05) is 50.8 Å². The fraction of sp³-hybridized carbons (Fsp3) is 0.690. The molecule has 204 valence electrons. The van der Waals surface area contributed by atoms with Gasteiger partial charge in [0.2, 0.25) is 5.91 Å². The normalized spacial score (nSPS) is 25.0. The Kier molecular flexibility index (Phi) is 9.24. The summed E-state index contributed by atoms with van der Waals surface area (Å²) in [5.74, 6) is -0.0810. The Bertz CT molecular complexity index is 942. The lowest BCUT2D eigenvalue weighted by Crippen LogP contribution is -2.52. The van der Waals surface area contributed by atoms with Crippen molar-refractivity contribution in [3.63, 3.8) is 0 Å². The Balaban J connectivity index is 1.42. The highest BCUT2D eigenvalue weighted by Crippen LogP contribution is 2.35. The monoisotopic (exact) mass is 512 g/mol. The van der Waals surface area contributed by atoms with Crippen LogP contribution in [0.15, 0.2) is 24.3 Å². The second kappa shape index (κ2) is 12.4. The largest absolute Gasteiger partial charge is 0.369 e. The fourth-order valence-electron chi connectivity index (χ4n) is 6.11. The van der Waals surface area contributed by atoms with Crippen molar-refractivity contribution in [2.24, 2.45) is 11.8 Å². The Morgan fingerprint density at radius 3 is 2.38 bits per heavy atom. The lowest BCUT2D eigenvalue weighted by atomic mass is 9.97. The summed E-state index contributed by atoms with van der Waals surface area (Å²) in [6.45, 7) is 14.2. The van der Waals surface area contributed by atoms with E-state index in [0.717, 1.165) is 51.3 Å². The second-order valence-electron chi connectivity index (χ2n) is 11.3. The SMILES string of the molecule is CCC[C@@H]1CN(C(=O)[C@H](CC(C)C)NC(=O)c2ccc(N3CCN(CCC)CC3)cc2)[C@@H]2C(=O)CO[C@H]12. The van der Waals surface area contributed by atoms with E-state index in [2.05, 4.69) is 29.0 Å². The third-order valence-corrected chi connectivity index (χ3v) is 7.95. The van der Waals surface area contributed by atoms with Crippen molar-refractivity contribution in [2.45, 2.75) is 71.6 Å². The van der Waals surface area contributed by atoms with Crippen LogP contribution in [0.5, 0.6) is 0 Å². The molecule has 0 unspecified atom stereocenters. The number of hydrogen-bond acceptors (Lipinski definition) is 6. The third kappa shape index (κ3) is 6.34. The molecule has 0 aliphatic carbocycles. The molecule has 3 fully saturated rings. The Morgan fingerprint density at radius 1 is 1.05 bits per heavy atom. The summed E-state index contributed by atoms with van der Waals surface area (Å²) >= 11 is 0. The van der Waals surface area contributed by atoms with E-state index in [1.165, 1.54) is 6.42 Å². The number of nitrogens with zero attached hydrogens (tertiary/aromatic N) is 3. The molecule has 0 bridgehead atoms. The van der Waals surface area contributed by atoms with Gasteiger partial charge in [-0.3, -0.25) is 19.3 Å². The van der Waals surface area contributed by atoms with E-state index in [-0.39, 0.29) is 42.1 Å². The molecule has 0 radical (unpaired) electrons. The number of nitrogens with one attached hydrogen (secondary N) is 1. The number of carbonyl (C=O) groups is 3. The molecule has 3 aliphatic heterocycles. The van der Waals surface area contributed by atoms with Crippen LogP contribution >= 0.6 is 0 Å². The highest BCUT2D eigenvalue weighted by molar-refractivity contribution is 5.99. The Hall–Kier alpha value is -2.45. The molecule has 1 aromatic carbocycles. The van der Waals surface area contributed by atoms with Gasteiger partial charge >= 0.3 is 0 Å². The summed E-state index contributed by atoms with van der Waals surface area (Å²) in [6, 6.07) is 6.49.